The minimum Gasteiger partial charge on any atom is -0.295 e. The zero-order chi connectivity index (χ0) is 17.4. The molecule has 4 rings (SSSR count). The van der Waals surface area contributed by atoms with E-state index >= 15 is 0 Å². The van der Waals surface area contributed by atoms with Crippen molar-refractivity contribution in [1.29, 1.82) is 0 Å². The highest BCUT2D eigenvalue weighted by molar-refractivity contribution is 7.99. The fraction of sp³-hybridized carbons (Fsp3) is 0.0476. The highest BCUT2D eigenvalue weighted by Gasteiger charge is 2.19. The molecule has 4 heteroatoms. The van der Waals surface area contributed by atoms with Crippen LogP contribution in [0.1, 0.15) is 28.4 Å². The van der Waals surface area contributed by atoms with E-state index < -0.39 is 0 Å². The van der Waals surface area contributed by atoms with Crippen LogP contribution in [0.3, 0.4) is 0 Å². The second-order valence-electron chi connectivity index (χ2n) is 5.81. The third kappa shape index (κ3) is 3.01. The van der Waals surface area contributed by atoms with E-state index in [1.165, 1.54) is 19.1 Å². The average molecular weight is 347 g/mol. The van der Waals surface area contributed by atoms with Gasteiger partial charge in [-0.15, -0.1) is 0 Å². The quantitative estimate of drug-likeness (QED) is 0.438. The summed E-state index contributed by atoms with van der Waals surface area (Å²) < 4.78 is 13.8. The molecule has 0 radical (unpaired) electrons. The number of rotatable bonds is 2. The lowest BCUT2D eigenvalue weighted by Crippen LogP contribution is -2.04. The molecule has 1 heterocycles. The van der Waals surface area contributed by atoms with Crippen LogP contribution in [-0.4, -0.2) is 11.5 Å². The molecule has 1 aliphatic heterocycles. The van der Waals surface area contributed by atoms with Crippen molar-refractivity contribution in [3.8, 4) is 0 Å². The summed E-state index contributed by atoms with van der Waals surface area (Å²) in [5.74, 6) is -0.302. The lowest BCUT2D eigenvalue weighted by molar-refractivity contribution is 0.101. The predicted octanol–water partition coefficient (Wildman–Crippen LogP) is 5.66. The Balaban J connectivity index is 1.98. The van der Waals surface area contributed by atoms with Gasteiger partial charge in [-0.05, 0) is 37.3 Å². The second kappa shape index (κ2) is 6.30. The Kier molecular flexibility index (Phi) is 3.98. The summed E-state index contributed by atoms with van der Waals surface area (Å²) in [7, 11) is 0. The van der Waals surface area contributed by atoms with E-state index in [0.717, 1.165) is 21.0 Å². The van der Waals surface area contributed by atoms with Gasteiger partial charge in [0.05, 0.1) is 11.4 Å². The molecule has 3 aromatic carbocycles. The maximum Gasteiger partial charge on any atom is 0.159 e. The van der Waals surface area contributed by atoms with Gasteiger partial charge in [0.1, 0.15) is 5.82 Å². The Morgan fingerprint density at radius 3 is 2.60 bits per heavy atom. The fourth-order valence-electron chi connectivity index (χ4n) is 2.82. The number of hydrogen-bond acceptors (Lipinski definition) is 3. The maximum atomic E-state index is 13.8. The summed E-state index contributed by atoms with van der Waals surface area (Å²) in [4.78, 5) is 18.6. The van der Waals surface area contributed by atoms with E-state index in [1.807, 2.05) is 42.5 Å². The van der Waals surface area contributed by atoms with Crippen LogP contribution in [0.25, 0.3) is 0 Å². The SMILES string of the molecule is CC(=O)c1ccc2c(c1)N=C(c1cccc(F)c1)c1ccccc1S2. The normalized spacial score (nSPS) is 12.6. The van der Waals surface area contributed by atoms with Crippen LogP contribution < -0.4 is 0 Å². The number of fused-ring (bicyclic) bond motifs is 2. The molecule has 0 saturated heterocycles. The first kappa shape index (κ1) is 15.8. The Morgan fingerprint density at radius 2 is 1.80 bits per heavy atom. The molecule has 0 amide bonds. The molecule has 0 bridgehead atoms. The summed E-state index contributed by atoms with van der Waals surface area (Å²) in [6, 6.07) is 19.9. The van der Waals surface area contributed by atoms with Gasteiger partial charge in [0.25, 0.3) is 0 Å². The summed E-state index contributed by atoms with van der Waals surface area (Å²) in [6.45, 7) is 1.54. The van der Waals surface area contributed by atoms with Gasteiger partial charge in [0.15, 0.2) is 5.78 Å². The van der Waals surface area contributed by atoms with Crippen LogP contribution in [0, 0.1) is 5.82 Å². The van der Waals surface area contributed by atoms with Crippen LogP contribution in [0.2, 0.25) is 0 Å². The molecule has 25 heavy (non-hydrogen) atoms. The molecule has 0 aliphatic carbocycles. The van der Waals surface area contributed by atoms with Gasteiger partial charge in [-0.3, -0.25) is 4.79 Å². The van der Waals surface area contributed by atoms with Gasteiger partial charge in [0.2, 0.25) is 0 Å². The number of halogens is 1. The Bertz CT molecular complexity index is 1030. The van der Waals surface area contributed by atoms with E-state index in [1.54, 1.807) is 23.9 Å². The molecule has 0 fully saturated rings. The summed E-state index contributed by atoms with van der Waals surface area (Å²) in [5.41, 5.74) is 3.73. The minimum absolute atomic E-state index is 0.00272. The number of hydrogen-bond donors (Lipinski definition) is 0. The molecule has 0 aromatic heterocycles. The number of ketones is 1. The van der Waals surface area contributed by atoms with E-state index in [4.69, 9.17) is 4.99 Å². The van der Waals surface area contributed by atoms with Gasteiger partial charge in [-0.25, -0.2) is 9.38 Å². The number of benzene rings is 3. The third-order valence-corrected chi connectivity index (χ3v) is 5.20. The van der Waals surface area contributed by atoms with Crippen molar-refractivity contribution in [3.05, 3.63) is 89.2 Å². The first-order valence-electron chi connectivity index (χ1n) is 7.89. The highest BCUT2D eigenvalue weighted by Crippen LogP contribution is 2.41. The predicted molar refractivity (Wildman–Crippen MR) is 98.7 cm³/mol. The van der Waals surface area contributed by atoms with E-state index in [0.29, 0.717) is 16.8 Å². The Labute approximate surface area is 149 Å². The molecule has 0 N–H and O–H groups in total. The first-order chi connectivity index (χ1) is 12.1. The number of Topliss-reactive ketones (excluding diaryl/α,β-unsaturated/α-hetero) is 1. The molecule has 3 aromatic rings. The van der Waals surface area contributed by atoms with Gasteiger partial charge in [-0.2, -0.15) is 0 Å². The van der Waals surface area contributed by atoms with Gasteiger partial charge in [-0.1, -0.05) is 48.2 Å². The van der Waals surface area contributed by atoms with Crippen molar-refractivity contribution >= 4 is 28.9 Å². The largest absolute Gasteiger partial charge is 0.295 e. The van der Waals surface area contributed by atoms with Crippen molar-refractivity contribution in [2.75, 3.05) is 0 Å². The zero-order valence-electron chi connectivity index (χ0n) is 13.5. The molecule has 0 saturated carbocycles. The molecule has 1 aliphatic rings. The molecule has 2 nitrogen and oxygen atoms in total. The van der Waals surface area contributed by atoms with Gasteiger partial charge >= 0.3 is 0 Å². The number of carbonyl (C=O) groups excluding carboxylic acids is 1. The van der Waals surface area contributed by atoms with Gasteiger partial charge < -0.3 is 0 Å². The van der Waals surface area contributed by atoms with Crippen molar-refractivity contribution < 1.29 is 9.18 Å². The lowest BCUT2D eigenvalue weighted by atomic mass is 10.0. The van der Waals surface area contributed by atoms with Crippen LogP contribution >= 0.6 is 11.8 Å². The van der Waals surface area contributed by atoms with Crippen molar-refractivity contribution in [2.45, 2.75) is 16.7 Å². The number of carbonyl (C=O) groups is 1. The molecule has 0 unspecified atom stereocenters. The lowest BCUT2D eigenvalue weighted by Gasteiger charge is -2.09. The van der Waals surface area contributed by atoms with E-state index in [2.05, 4.69) is 0 Å². The van der Waals surface area contributed by atoms with Crippen LogP contribution in [0.5, 0.6) is 0 Å². The molecule has 0 atom stereocenters. The standard InChI is InChI=1S/C21H14FNOS/c1-13(24)14-9-10-20-18(12-14)23-21(15-5-4-6-16(22)11-15)17-7-2-3-8-19(17)25-20/h2-12H,1H3. The van der Waals surface area contributed by atoms with Crippen LogP contribution in [0.15, 0.2) is 81.5 Å². The topological polar surface area (TPSA) is 29.4 Å². The number of nitrogens with zero attached hydrogens (tertiary/aromatic N) is 1. The summed E-state index contributed by atoms with van der Waals surface area (Å²) in [6.07, 6.45) is 0. The minimum atomic E-state index is -0.299. The van der Waals surface area contributed by atoms with Crippen LogP contribution in [-0.2, 0) is 0 Å². The maximum absolute atomic E-state index is 13.8. The third-order valence-electron chi connectivity index (χ3n) is 4.06. The average Bonchev–Trinajstić information content (AvgIpc) is 2.77. The van der Waals surface area contributed by atoms with Crippen molar-refractivity contribution in [2.24, 2.45) is 4.99 Å². The first-order valence-corrected chi connectivity index (χ1v) is 8.70. The van der Waals surface area contributed by atoms with Crippen molar-refractivity contribution in [3.63, 3.8) is 0 Å². The van der Waals surface area contributed by atoms with Gasteiger partial charge in [0, 0.05) is 26.5 Å². The monoisotopic (exact) mass is 347 g/mol. The fourth-order valence-corrected chi connectivity index (χ4v) is 3.82. The second-order valence-corrected chi connectivity index (χ2v) is 6.89. The van der Waals surface area contributed by atoms with E-state index in [9.17, 15) is 9.18 Å². The smallest absolute Gasteiger partial charge is 0.159 e. The van der Waals surface area contributed by atoms with E-state index in [-0.39, 0.29) is 11.6 Å². The molecule has 122 valence electrons. The highest BCUT2D eigenvalue weighted by atomic mass is 32.2. The summed E-state index contributed by atoms with van der Waals surface area (Å²) in [5, 5.41) is 0. The zero-order valence-corrected chi connectivity index (χ0v) is 14.3. The van der Waals surface area contributed by atoms with Crippen molar-refractivity contribution in [1.82, 2.24) is 0 Å². The molecule has 0 spiro atoms. The Hall–Kier alpha value is -2.72. The molecular formula is C21H14FNOS. The van der Waals surface area contributed by atoms with Crippen LogP contribution in [0.4, 0.5) is 10.1 Å². The molecular weight excluding hydrogens is 333 g/mol. The number of aliphatic imine (C=N–C) groups is 1. The summed E-state index contributed by atoms with van der Waals surface area (Å²) >= 11 is 1.61. The Morgan fingerprint density at radius 1 is 0.960 bits per heavy atom.